The van der Waals surface area contributed by atoms with Crippen molar-refractivity contribution in [1.82, 2.24) is 5.32 Å². The van der Waals surface area contributed by atoms with Crippen molar-refractivity contribution in [3.8, 4) is 0 Å². The van der Waals surface area contributed by atoms with Crippen molar-refractivity contribution in [2.75, 3.05) is 25.5 Å². The summed E-state index contributed by atoms with van der Waals surface area (Å²) in [7, 11) is 0. The van der Waals surface area contributed by atoms with Crippen LogP contribution in [0.5, 0.6) is 0 Å². The van der Waals surface area contributed by atoms with E-state index in [2.05, 4.69) is 5.32 Å². The van der Waals surface area contributed by atoms with Gasteiger partial charge >= 0.3 is 0 Å². The second-order valence-electron chi connectivity index (χ2n) is 1.97. The van der Waals surface area contributed by atoms with Crippen LogP contribution < -0.4 is 5.32 Å². The predicted octanol–water partition coefficient (Wildman–Crippen LogP) is 0.685. The molecule has 0 saturated carbocycles. The summed E-state index contributed by atoms with van der Waals surface area (Å²) < 4.78 is 5.23. The topological polar surface area (TPSA) is 21.3 Å². The number of rotatable bonds is 3. The minimum absolute atomic E-state index is 0.560. The summed E-state index contributed by atoms with van der Waals surface area (Å²) in [6.45, 7) is 4.86. The van der Waals surface area contributed by atoms with Gasteiger partial charge in [-0.15, -0.1) is 11.8 Å². The van der Waals surface area contributed by atoms with E-state index in [1.807, 2.05) is 18.7 Å². The van der Waals surface area contributed by atoms with Crippen LogP contribution in [-0.2, 0) is 4.74 Å². The molecule has 1 aliphatic rings. The molecule has 9 heavy (non-hydrogen) atoms. The first-order valence-corrected chi connectivity index (χ1v) is 4.41. The van der Waals surface area contributed by atoms with Crippen molar-refractivity contribution in [3.05, 3.63) is 0 Å². The largest absolute Gasteiger partial charge is 0.379 e. The van der Waals surface area contributed by atoms with Gasteiger partial charge in [-0.25, -0.2) is 0 Å². The molecule has 1 aliphatic heterocycles. The van der Waals surface area contributed by atoms with Crippen molar-refractivity contribution in [2.45, 2.75) is 12.3 Å². The number of ether oxygens (including phenoxy) is 1. The molecule has 0 aromatic rings. The van der Waals surface area contributed by atoms with Crippen LogP contribution in [0, 0.1) is 0 Å². The minimum Gasteiger partial charge on any atom is -0.379 e. The van der Waals surface area contributed by atoms with Gasteiger partial charge in [0, 0.05) is 18.9 Å². The highest BCUT2D eigenvalue weighted by atomic mass is 32.2. The molecule has 2 nitrogen and oxygen atoms in total. The maximum absolute atomic E-state index is 5.23. The van der Waals surface area contributed by atoms with E-state index in [1.54, 1.807) is 0 Å². The van der Waals surface area contributed by atoms with Crippen LogP contribution in [0.15, 0.2) is 0 Å². The van der Waals surface area contributed by atoms with E-state index in [0.717, 1.165) is 19.8 Å². The molecular weight excluding hydrogens is 134 g/mol. The Morgan fingerprint density at radius 2 is 2.67 bits per heavy atom. The van der Waals surface area contributed by atoms with Gasteiger partial charge in [0.05, 0.1) is 12.0 Å². The first-order chi connectivity index (χ1) is 4.43. The molecule has 0 bridgehead atoms. The van der Waals surface area contributed by atoms with E-state index in [9.17, 15) is 0 Å². The van der Waals surface area contributed by atoms with Gasteiger partial charge in [-0.2, -0.15) is 0 Å². The lowest BCUT2D eigenvalue weighted by molar-refractivity contribution is 0.144. The molecule has 1 unspecified atom stereocenters. The SMILES string of the molecule is CCOCC1NCCS1. The monoisotopic (exact) mass is 147 g/mol. The van der Waals surface area contributed by atoms with Gasteiger partial charge in [-0.1, -0.05) is 0 Å². The molecule has 1 rings (SSSR count). The van der Waals surface area contributed by atoms with Crippen LogP contribution in [0.1, 0.15) is 6.92 Å². The zero-order valence-electron chi connectivity index (χ0n) is 5.72. The Hall–Kier alpha value is 0.270. The van der Waals surface area contributed by atoms with Crippen LogP contribution in [0.3, 0.4) is 0 Å². The lowest BCUT2D eigenvalue weighted by atomic mass is 10.6. The van der Waals surface area contributed by atoms with Gasteiger partial charge in [0.25, 0.3) is 0 Å². The Balaban J connectivity index is 1.98. The van der Waals surface area contributed by atoms with Crippen LogP contribution in [0.25, 0.3) is 0 Å². The van der Waals surface area contributed by atoms with Gasteiger partial charge in [0.2, 0.25) is 0 Å². The quantitative estimate of drug-likeness (QED) is 0.634. The fraction of sp³-hybridized carbons (Fsp3) is 1.00. The lowest BCUT2D eigenvalue weighted by Gasteiger charge is -2.07. The number of hydrogen-bond acceptors (Lipinski definition) is 3. The van der Waals surface area contributed by atoms with Crippen LogP contribution in [-0.4, -0.2) is 30.9 Å². The maximum atomic E-state index is 5.23. The Morgan fingerprint density at radius 3 is 3.22 bits per heavy atom. The third-order valence-corrected chi connectivity index (χ3v) is 2.41. The molecular formula is C6H13NOS. The average Bonchev–Trinajstić information content (AvgIpc) is 2.34. The second kappa shape index (κ2) is 4.14. The smallest absolute Gasteiger partial charge is 0.0770 e. The summed E-state index contributed by atoms with van der Waals surface area (Å²) in [5, 5.41) is 3.89. The fourth-order valence-corrected chi connectivity index (χ4v) is 1.76. The summed E-state index contributed by atoms with van der Waals surface area (Å²) in [4.78, 5) is 0. The third-order valence-electron chi connectivity index (χ3n) is 1.27. The van der Waals surface area contributed by atoms with E-state index in [-0.39, 0.29) is 0 Å². The van der Waals surface area contributed by atoms with Crippen molar-refractivity contribution in [2.24, 2.45) is 0 Å². The first-order valence-electron chi connectivity index (χ1n) is 3.36. The maximum Gasteiger partial charge on any atom is 0.0770 e. The van der Waals surface area contributed by atoms with E-state index in [1.165, 1.54) is 5.75 Å². The van der Waals surface area contributed by atoms with E-state index in [4.69, 9.17) is 4.74 Å². The first kappa shape index (κ1) is 7.38. The highest BCUT2D eigenvalue weighted by Gasteiger charge is 2.13. The van der Waals surface area contributed by atoms with Crippen molar-refractivity contribution in [3.63, 3.8) is 0 Å². The van der Waals surface area contributed by atoms with Crippen molar-refractivity contribution >= 4 is 11.8 Å². The van der Waals surface area contributed by atoms with E-state index < -0.39 is 0 Å². The zero-order chi connectivity index (χ0) is 6.53. The number of nitrogens with one attached hydrogen (secondary N) is 1. The molecule has 1 heterocycles. The third kappa shape index (κ3) is 2.56. The van der Waals surface area contributed by atoms with E-state index >= 15 is 0 Å². The Labute approximate surface area is 60.3 Å². The highest BCUT2D eigenvalue weighted by molar-refractivity contribution is 8.00. The van der Waals surface area contributed by atoms with Gasteiger partial charge in [-0.3, -0.25) is 0 Å². The molecule has 1 saturated heterocycles. The van der Waals surface area contributed by atoms with Gasteiger partial charge in [-0.05, 0) is 6.92 Å². The normalized spacial score (nSPS) is 27.0. The van der Waals surface area contributed by atoms with Gasteiger partial charge in [0.15, 0.2) is 0 Å². The summed E-state index contributed by atoms with van der Waals surface area (Å²) >= 11 is 1.95. The standard InChI is InChI=1S/C6H13NOS/c1-2-8-5-6-7-3-4-9-6/h6-7H,2-5H2,1H3. The summed E-state index contributed by atoms with van der Waals surface area (Å²) in [6, 6.07) is 0. The molecule has 3 heteroatoms. The molecule has 1 fully saturated rings. The van der Waals surface area contributed by atoms with Crippen molar-refractivity contribution in [1.29, 1.82) is 0 Å². The van der Waals surface area contributed by atoms with Crippen LogP contribution in [0.2, 0.25) is 0 Å². The molecule has 54 valence electrons. The summed E-state index contributed by atoms with van der Waals surface area (Å²) in [5.74, 6) is 1.23. The second-order valence-corrected chi connectivity index (χ2v) is 3.28. The Bertz CT molecular complexity index is 73.5. The zero-order valence-corrected chi connectivity index (χ0v) is 6.54. The number of thioether (sulfide) groups is 1. The van der Waals surface area contributed by atoms with E-state index in [0.29, 0.717) is 5.37 Å². The molecule has 0 aromatic heterocycles. The summed E-state index contributed by atoms with van der Waals surface area (Å²) in [6.07, 6.45) is 0. The Morgan fingerprint density at radius 1 is 1.78 bits per heavy atom. The number of hydrogen-bond donors (Lipinski definition) is 1. The molecule has 0 radical (unpaired) electrons. The minimum atomic E-state index is 0.560. The highest BCUT2D eigenvalue weighted by Crippen LogP contribution is 2.12. The average molecular weight is 147 g/mol. The van der Waals surface area contributed by atoms with Crippen LogP contribution in [0.4, 0.5) is 0 Å². The molecule has 0 amide bonds. The molecule has 0 aromatic carbocycles. The molecule has 0 spiro atoms. The lowest BCUT2D eigenvalue weighted by Crippen LogP contribution is -2.24. The molecule has 0 aliphatic carbocycles. The van der Waals surface area contributed by atoms with Crippen LogP contribution >= 0.6 is 11.8 Å². The summed E-state index contributed by atoms with van der Waals surface area (Å²) in [5.41, 5.74) is 0. The molecule has 1 atom stereocenters. The Kier molecular flexibility index (Phi) is 3.40. The fourth-order valence-electron chi connectivity index (χ4n) is 0.812. The van der Waals surface area contributed by atoms with Crippen molar-refractivity contribution < 1.29 is 4.74 Å². The van der Waals surface area contributed by atoms with Gasteiger partial charge < -0.3 is 10.1 Å². The molecule has 1 N–H and O–H groups in total. The predicted molar refractivity (Wildman–Crippen MR) is 40.7 cm³/mol. The van der Waals surface area contributed by atoms with Gasteiger partial charge in [0.1, 0.15) is 0 Å².